The minimum atomic E-state index is 0.389. The van der Waals surface area contributed by atoms with Gasteiger partial charge in [-0.1, -0.05) is 20.3 Å². The molecule has 2 heteroatoms. The van der Waals surface area contributed by atoms with Gasteiger partial charge < -0.3 is 4.90 Å². The summed E-state index contributed by atoms with van der Waals surface area (Å²) in [5.74, 6) is 0.990. The van der Waals surface area contributed by atoms with Crippen molar-refractivity contribution in [1.29, 1.82) is 0 Å². The molecule has 0 aromatic carbocycles. The van der Waals surface area contributed by atoms with E-state index in [0.29, 0.717) is 5.41 Å². The Morgan fingerprint density at radius 3 is 2.25 bits per heavy atom. The Balaban J connectivity index is 2.28. The van der Waals surface area contributed by atoms with E-state index in [4.69, 9.17) is 0 Å². The lowest BCUT2D eigenvalue weighted by Gasteiger charge is -2.33. The monoisotopic (exact) mass is 187 g/mol. The third kappa shape index (κ3) is 3.36. The maximum Gasteiger partial charge on any atom is 0.00405 e. The van der Waals surface area contributed by atoms with Gasteiger partial charge in [-0.3, -0.25) is 0 Å². The summed E-state index contributed by atoms with van der Waals surface area (Å²) in [5, 5.41) is 0. The third-order valence-electron chi connectivity index (χ3n) is 2.53. The quantitative estimate of drug-likeness (QED) is 0.664. The molecule has 1 fully saturated rings. The van der Waals surface area contributed by atoms with Crippen molar-refractivity contribution in [1.82, 2.24) is 4.90 Å². The number of hydrogen-bond acceptors (Lipinski definition) is 2. The zero-order chi connectivity index (χ0) is 9.03. The van der Waals surface area contributed by atoms with Crippen LogP contribution >= 0.6 is 12.6 Å². The van der Waals surface area contributed by atoms with Crippen LogP contribution in [0.1, 0.15) is 33.1 Å². The Labute approximate surface area is 81.9 Å². The average Bonchev–Trinajstić information content (AvgIpc) is 2.06. The van der Waals surface area contributed by atoms with Gasteiger partial charge in [0.15, 0.2) is 0 Å². The maximum absolute atomic E-state index is 4.37. The highest BCUT2D eigenvalue weighted by molar-refractivity contribution is 7.80. The summed E-state index contributed by atoms with van der Waals surface area (Å²) in [6.07, 6.45) is 4.21. The van der Waals surface area contributed by atoms with Gasteiger partial charge in [-0.05, 0) is 37.1 Å². The highest BCUT2D eigenvalue weighted by Crippen LogP contribution is 2.20. The van der Waals surface area contributed by atoms with Crippen LogP contribution in [0.5, 0.6) is 0 Å². The van der Waals surface area contributed by atoms with Gasteiger partial charge in [0, 0.05) is 6.54 Å². The molecule has 0 unspecified atom stereocenters. The van der Waals surface area contributed by atoms with Crippen molar-refractivity contribution >= 4 is 12.6 Å². The van der Waals surface area contributed by atoms with Crippen LogP contribution in [-0.2, 0) is 0 Å². The summed E-state index contributed by atoms with van der Waals surface area (Å²) in [7, 11) is 0. The van der Waals surface area contributed by atoms with Crippen LogP contribution in [0.2, 0.25) is 0 Å². The molecule has 0 aromatic heterocycles. The van der Waals surface area contributed by atoms with E-state index in [1.807, 2.05) is 0 Å². The molecule has 0 saturated carbocycles. The lowest BCUT2D eigenvalue weighted by atomic mass is 9.94. The Hall–Kier alpha value is 0.310. The number of thiol groups is 1. The van der Waals surface area contributed by atoms with Gasteiger partial charge >= 0.3 is 0 Å². The molecular formula is C10H21NS. The van der Waals surface area contributed by atoms with Gasteiger partial charge in [0.1, 0.15) is 0 Å². The van der Waals surface area contributed by atoms with E-state index in [-0.39, 0.29) is 0 Å². The minimum absolute atomic E-state index is 0.389. The smallest absolute Gasteiger partial charge is 0.00405 e. The van der Waals surface area contributed by atoms with Crippen LogP contribution in [-0.4, -0.2) is 30.3 Å². The van der Waals surface area contributed by atoms with Crippen LogP contribution in [0.15, 0.2) is 0 Å². The summed E-state index contributed by atoms with van der Waals surface area (Å²) < 4.78 is 0. The van der Waals surface area contributed by atoms with Crippen LogP contribution in [0, 0.1) is 5.41 Å². The molecule has 1 saturated heterocycles. The van der Waals surface area contributed by atoms with Crippen molar-refractivity contribution in [2.75, 3.05) is 25.4 Å². The van der Waals surface area contributed by atoms with E-state index in [1.54, 1.807) is 0 Å². The van der Waals surface area contributed by atoms with Crippen LogP contribution in [0.4, 0.5) is 0 Å². The molecule has 1 rings (SSSR count). The molecular weight excluding hydrogens is 166 g/mol. The van der Waals surface area contributed by atoms with Gasteiger partial charge in [0.05, 0.1) is 0 Å². The second kappa shape index (κ2) is 4.52. The molecule has 0 bridgehead atoms. The van der Waals surface area contributed by atoms with Gasteiger partial charge in [-0.15, -0.1) is 0 Å². The normalized spacial score (nSPS) is 21.2. The van der Waals surface area contributed by atoms with Crippen molar-refractivity contribution in [2.24, 2.45) is 5.41 Å². The molecule has 0 atom stereocenters. The van der Waals surface area contributed by atoms with Crippen molar-refractivity contribution in [3.63, 3.8) is 0 Å². The topological polar surface area (TPSA) is 3.24 Å². The average molecular weight is 187 g/mol. The fraction of sp³-hybridized carbons (Fsp3) is 1.00. The first-order chi connectivity index (χ1) is 5.64. The second-order valence-electron chi connectivity index (χ2n) is 4.66. The highest BCUT2D eigenvalue weighted by atomic mass is 32.1. The van der Waals surface area contributed by atoms with Crippen molar-refractivity contribution in [2.45, 2.75) is 33.1 Å². The van der Waals surface area contributed by atoms with Gasteiger partial charge in [-0.25, -0.2) is 0 Å². The van der Waals surface area contributed by atoms with E-state index >= 15 is 0 Å². The van der Waals surface area contributed by atoms with E-state index in [0.717, 1.165) is 5.75 Å². The molecule has 0 aliphatic carbocycles. The molecule has 0 spiro atoms. The Bertz CT molecular complexity index is 128. The minimum Gasteiger partial charge on any atom is -0.303 e. The van der Waals surface area contributed by atoms with E-state index in [9.17, 15) is 0 Å². The van der Waals surface area contributed by atoms with Crippen LogP contribution in [0.25, 0.3) is 0 Å². The summed E-state index contributed by atoms with van der Waals surface area (Å²) in [5.41, 5.74) is 0.389. The molecule has 12 heavy (non-hydrogen) atoms. The summed E-state index contributed by atoms with van der Waals surface area (Å²) >= 11 is 4.37. The Morgan fingerprint density at radius 2 is 1.75 bits per heavy atom. The molecule has 1 nitrogen and oxygen atoms in total. The molecule has 1 aliphatic rings. The summed E-state index contributed by atoms with van der Waals surface area (Å²) in [4.78, 5) is 2.58. The van der Waals surface area contributed by atoms with Crippen LogP contribution in [0.3, 0.4) is 0 Å². The van der Waals surface area contributed by atoms with Gasteiger partial charge in [0.2, 0.25) is 0 Å². The lowest BCUT2D eigenvalue weighted by molar-refractivity contribution is 0.167. The first kappa shape index (κ1) is 10.4. The van der Waals surface area contributed by atoms with Crippen LogP contribution < -0.4 is 0 Å². The third-order valence-corrected chi connectivity index (χ3v) is 3.38. The molecule has 0 aromatic rings. The first-order valence-corrected chi connectivity index (χ1v) is 5.60. The number of hydrogen-bond donors (Lipinski definition) is 1. The van der Waals surface area contributed by atoms with Gasteiger partial charge in [0.25, 0.3) is 0 Å². The molecule has 72 valence electrons. The Kier molecular flexibility index (Phi) is 3.91. The van der Waals surface area contributed by atoms with Gasteiger partial charge in [-0.2, -0.15) is 12.6 Å². The SMILES string of the molecule is CC(C)(CS)CN1CCCCC1. The maximum atomic E-state index is 4.37. The highest BCUT2D eigenvalue weighted by Gasteiger charge is 2.21. The van der Waals surface area contributed by atoms with Crippen molar-refractivity contribution in [3.05, 3.63) is 0 Å². The molecule has 0 radical (unpaired) electrons. The number of nitrogens with zero attached hydrogens (tertiary/aromatic N) is 1. The fourth-order valence-corrected chi connectivity index (χ4v) is 1.87. The zero-order valence-electron chi connectivity index (χ0n) is 8.34. The Morgan fingerprint density at radius 1 is 1.17 bits per heavy atom. The van der Waals surface area contributed by atoms with E-state index in [1.165, 1.54) is 38.9 Å². The van der Waals surface area contributed by atoms with E-state index in [2.05, 4.69) is 31.4 Å². The largest absolute Gasteiger partial charge is 0.303 e. The van der Waals surface area contributed by atoms with Crippen molar-refractivity contribution < 1.29 is 0 Å². The molecule has 0 amide bonds. The first-order valence-electron chi connectivity index (χ1n) is 4.97. The molecule has 0 N–H and O–H groups in total. The lowest BCUT2D eigenvalue weighted by Crippen LogP contribution is -2.38. The number of rotatable bonds is 3. The number of likely N-dealkylation sites (tertiary alicyclic amines) is 1. The standard InChI is InChI=1S/C10H21NS/c1-10(2,9-12)8-11-6-4-3-5-7-11/h12H,3-9H2,1-2H3. The van der Waals surface area contributed by atoms with Crippen molar-refractivity contribution in [3.8, 4) is 0 Å². The summed E-state index contributed by atoms with van der Waals surface area (Å²) in [6, 6.07) is 0. The molecule has 1 heterocycles. The van der Waals surface area contributed by atoms with E-state index < -0.39 is 0 Å². The predicted molar refractivity (Wildman–Crippen MR) is 57.9 cm³/mol. The summed E-state index contributed by atoms with van der Waals surface area (Å²) in [6.45, 7) is 8.42. The predicted octanol–water partition coefficient (Wildman–Crippen LogP) is 2.43. The molecule has 1 aliphatic heterocycles. The number of piperidine rings is 1. The fourth-order valence-electron chi connectivity index (χ4n) is 1.77. The second-order valence-corrected chi connectivity index (χ2v) is 4.98. The zero-order valence-corrected chi connectivity index (χ0v) is 9.24.